The fraction of sp³-hybridized carbons (Fsp3) is 0.500. The van der Waals surface area contributed by atoms with Gasteiger partial charge in [-0.05, 0) is 51.7 Å². The minimum atomic E-state index is -0.649. The van der Waals surface area contributed by atoms with E-state index in [1.165, 1.54) is 11.1 Å². The maximum atomic E-state index is 12.4. The number of rotatable bonds is 5. The molecule has 0 N–H and O–H groups in total. The Bertz CT molecular complexity index is 513. The number of ether oxygens (including phenoxy) is 1. The Balaban J connectivity index is 2.04. The van der Waals surface area contributed by atoms with Gasteiger partial charge in [-0.25, -0.2) is 0 Å². The van der Waals surface area contributed by atoms with Crippen LogP contribution in [0.15, 0.2) is 41.5 Å². The van der Waals surface area contributed by atoms with Crippen LogP contribution < -0.4 is 0 Å². The van der Waals surface area contributed by atoms with Crippen molar-refractivity contribution in [2.24, 2.45) is 0 Å². The highest BCUT2D eigenvalue weighted by Gasteiger charge is 2.42. The van der Waals surface area contributed by atoms with E-state index in [-0.39, 0.29) is 11.9 Å². The lowest BCUT2D eigenvalue weighted by Crippen LogP contribution is -2.37. The smallest absolute Gasteiger partial charge is 0.190 e. The van der Waals surface area contributed by atoms with Gasteiger partial charge in [0, 0.05) is 6.42 Å². The molecule has 1 aromatic rings. The van der Waals surface area contributed by atoms with Gasteiger partial charge in [-0.1, -0.05) is 35.9 Å². The van der Waals surface area contributed by atoms with Crippen LogP contribution in [-0.2, 0) is 16.0 Å². The predicted octanol–water partition coefficient (Wildman–Crippen LogP) is 4.09. The molecular formula is C18H24O2. The van der Waals surface area contributed by atoms with Crippen LogP contribution in [0.5, 0.6) is 0 Å². The third kappa shape index (κ3) is 3.18. The summed E-state index contributed by atoms with van der Waals surface area (Å²) >= 11 is 0. The fourth-order valence-corrected chi connectivity index (χ4v) is 3.01. The predicted molar refractivity (Wildman–Crippen MR) is 81.7 cm³/mol. The largest absolute Gasteiger partial charge is 0.364 e. The zero-order chi connectivity index (χ0) is 14.8. The van der Waals surface area contributed by atoms with Crippen molar-refractivity contribution in [2.45, 2.75) is 58.7 Å². The average molecular weight is 272 g/mol. The maximum Gasteiger partial charge on any atom is 0.190 e. The molecule has 0 amide bonds. The first-order valence-electron chi connectivity index (χ1n) is 7.37. The Morgan fingerprint density at radius 3 is 2.45 bits per heavy atom. The van der Waals surface area contributed by atoms with E-state index < -0.39 is 5.60 Å². The van der Waals surface area contributed by atoms with Gasteiger partial charge in [0.1, 0.15) is 5.60 Å². The van der Waals surface area contributed by atoms with Crippen LogP contribution >= 0.6 is 0 Å². The number of ketones is 1. The number of hydrogen-bond acceptors (Lipinski definition) is 2. The summed E-state index contributed by atoms with van der Waals surface area (Å²) in [6.07, 6.45) is 2.74. The van der Waals surface area contributed by atoms with Crippen molar-refractivity contribution in [3.63, 3.8) is 0 Å². The van der Waals surface area contributed by atoms with Crippen LogP contribution in [0.2, 0.25) is 0 Å². The topological polar surface area (TPSA) is 26.3 Å². The van der Waals surface area contributed by atoms with Crippen molar-refractivity contribution >= 4 is 5.78 Å². The fourth-order valence-electron chi connectivity index (χ4n) is 3.01. The second kappa shape index (κ2) is 5.92. The minimum Gasteiger partial charge on any atom is -0.364 e. The first kappa shape index (κ1) is 15.0. The molecule has 20 heavy (non-hydrogen) atoms. The number of carbonyl (C=O) groups is 1. The second-order valence-electron chi connectivity index (χ2n) is 6.12. The van der Waals surface area contributed by atoms with Crippen molar-refractivity contribution in [1.82, 2.24) is 0 Å². The molecule has 0 heterocycles. The quantitative estimate of drug-likeness (QED) is 0.807. The van der Waals surface area contributed by atoms with Gasteiger partial charge in [0.2, 0.25) is 0 Å². The van der Waals surface area contributed by atoms with Gasteiger partial charge in [-0.15, -0.1) is 0 Å². The summed E-state index contributed by atoms with van der Waals surface area (Å²) in [5.41, 5.74) is 2.83. The molecular weight excluding hydrogens is 248 g/mol. The summed E-state index contributed by atoms with van der Waals surface area (Å²) in [4.78, 5) is 12.4. The number of aryl methyl sites for hydroxylation is 1. The molecule has 1 aromatic carbocycles. The molecule has 2 rings (SSSR count). The monoisotopic (exact) mass is 272 g/mol. The Morgan fingerprint density at radius 2 is 1.85 bits per heavy atom. The standard InChI is InChI=1S/C18H24O2/c1-13(2)20-18(4)12-16(14(3)17(18)19)11-10-15-8-6-5-7-9-15/h5-9,13H,10-12H2,1-4H3/t18-/m0/s1. The molecule has 1 aliphatic carbocycles. The van der Waals surface area contributed by atoms with Gasteiger partial charge in [0.05, 0.1) is 6.10 Å². The summed E-state index contributed by atoms with van der Waals surface area (Å²) in [6.45, 7) is 7.83. The molecule has 0 bridgehead atoms. The summed E-state index contributed by atoms with van der Waals surface area (Å²) in [6, 6.07) is 10.4. The minimum absolute atomic E-state index is 0.0743. The van der Waals surface area contributed by atoms with E-state index in [0.29, 0.717) is 0 Å². The molecule has 0 aliphatic heterocycles. The van der Waals surface area contributed by atoms with E-state index in [9.17, 15) is 4.79 Å². The number of Topliss-reactive ketones (excluding diaryl/α,β-unsaturated/α-hetero) is 1. The van der Waals surface area contributed by atoms with Gasteiger partial charge < -0.3 is 4.74 Å². The van der Waals surface area contributed by atoms with Gasteiger partial charge in [-0.3, -0.25) is 4.79 Å². The SMILES string of the molecule is CC1=C(CCc2ccccc2)C[C@](C)(OC(C)C)C1=O. The summed E-state index contributed by atoms with van der Waals surface area (Å²) < 4.78 is 5.87. The molecule has 0 unspecified atom stereocenters. The number of hydrogen-bond donors (Lipinski definition) is 0. The molecule has 0 aromatic heterocycles. The van der Waals surface area contributed by atoms with Crippen LogP contribution in [-0.4, -0.2) is 17.5 Å². The van der Waals surface area contributed by atoms with Crippen molar-refractivity contribution in [1.29, 1.82) is 0 Å². The Labute approximate surface area is 121 Å². The number of carbonyl (C=O) groups excluding carboxylic acids is 1. The lowest BCUT2D eigenvalue weighted by molar-refractivity contribution is -0.141. The van der Waals surface area contributed by atoms with Crippen LogP contribution in [0.4, 0.5) is 0 Å². The zero-order valence-corrected chi connectivity index (χ0v) is 12.9. The molecule has 0 fully saturated rings. The third-order valence-corrected chi connectivity index (χ3v) is 3.96. The Morgan fingerprint density at radius 1 is 1.20 bits per heavy atom. The van der Waals surface area contributed by atoms with Crippen molar-refractivity contribution in [2.75, 3.05) is 0 Å². The van der Waals surface area contributed by atoms with Crippen LogP contribution in [0.25, 0.3) is 0 Å². The normalized spacial score (nSPS) is 22.9. The van der Waals surface area contributed by atoms with Crippen molar-refractivity contribution < 1.29 is 9.53 Å². The highest BCUT2D eigenvalue weighted by atomic mass is 16.5. The summed E-state index contributed by atoms with van der Waals surface area (Å²) in [5.74, 6) is 0.161. The van der Waals surface area contributed by atoms with Gasteiger partial charge in [-0.2, -0.15) is 0 Å². The molecule has 0 spiro atoms. The van der Waals surface area contributed by atoms with Crippen LogP contribution in [0.3, 0.4) is 0 Å². The van der Waals surface area contributed by atoms with Crippen molar-refractivity contribution in [3.05, 3.63) is 47.0 Å². The molecule has 1 atom stereocenters. The van der Waals surface area contributed by atoms with E-state index >= 15 is 0 Å². The van der Waals surface area contributed by atoms with Gasteiger partial charge in [0.15, 0.2) is 5.78 Å². The molecule has 0 saturated carbocycles. The Hall–Kier alpha value is -1.41. The highest BCUT2D eigenvalue weighted by Crippen LogP contribution is 2.37. The molecule has 2 heteroatoms. The first-order valence-corrected chi connectivity index (χ1v) is 7.37. The van der Waals surface area contributed by atoms with Crippen molar-refractivity contribution in [3.8, 4) is 0 Å². The molecule has 108 valence electrons. The lowest BCUT2D eigenvalue weighted by atomic mass is 9.98. The highest BCUT2D eigenvalue weighted by molar-refractivity contribution is 6.04. The summed E-state index contributed by atoms with van der Waals surface area (Å²) in [5, 5.41) is 0. The van der Waals surface area contributed by atoms with E-state index in [4.69, 9.17) is 4.74 Å². The van der Waals surface area contributed by atoms with Crippen LogP contribution in [0.1, 0.15) is 46.1 Å². The van der Waals surface area contributed by atoms with E-state index in [2.05, 4.69) is 24.3 Å². The van der Waals surface area contributed by atoms with Gasteiger partial charge in [0.25, 0.3) is 0 Å². The first-order chi connectivity index (χ1) is 9.42. The maximum absolute atomic E-state index is 12.4. The van der Waals surface area contributed by atoms with E-state index in [1.54, 1.807) is 0 Å². The average Bonchev–Trinajstić information content (AvgIpc) is 2.61. The van der Waals surface area contributed by atoms with Gasteiger partial charge >= 0.3 is 0 Å². The molecule has 1 aliphatic rings. The molecule has 0 radical (unpaired) electrons. The zero-order valence-electron chi connectivity index (χ0n) is 12.9. The second-order valence-corrected chi connectivity index (χ2v) is 6.12. The van der Waals surface area contributed by atoms with Crippen LogP contribution in [0, 0.1) is 0 Å². The summed E-state index contributed by atoms with van der Waals surface area (Å²) in [7, 11) is 0. The number of benzene rings is 1. The Kier molecular flexibility index (Phi) is 4.44. The lowest BCUT2D eigenvalue weighted by Gasteiger charge is -2.26. The van der Waals surface area contributed by atoms with E-state index in [1.807, 2.05) is 33.8 Å². The third-order valence-electron chi connectivity index (χ3n) is 3.96. The van der Waals surface area contributed by atoms with E-state index in [0.717, 1.165) is 24.8 Å². The molecule has 2 nitrogen and oxygen atoms in total. The molecule has 0 saturated heterocycles.